The van der Waals surface area contributed by atoms with Gasteiger partial charge in [0.05, 0.1) is 11.6 Å². The van der Waals surface area contributed by atoms with Crippen molar-refractivity contribution in [3.05, 3.63) is 28.3 Å². The lowest BCUT2D eigenvalue weighted by Gasteiger charge is -2.39. The van der Waals surface area contributed by atoms with Gasteiger partial charge >= 0.3 is 6.03 Å². The molecule has 194 valence electrons. The number of nitrogens with zero attached hydrogens (tertiary/aromatic N) is 4. The Morgan fingerprint density at radius 1 is 1.26 bits per heavy atom. The molecule has 0 radical (unpaired) electrons. The van der Waals surface area contributed by atoms with Crippen LogP contribution in [0.4, 0.5) is 10.6 Å². The minimum atomic E-state index is -0.196. The second kappa shape index (κ2) is 12.6. The lowest BCUT2D eigenvalue weighted by atomic mass is 9.94. The molecule has 1 aromatic heterocycles. The molecule has 0 saturated carbocycles. The number of anilines is 1. The molecule has 3 rings (SSSR count). The Morgan fingerprint density at radius 2 is 1.91 bits per heavy atom. The third-order valence-corrected chi connectivity index (χ3v) is 7.48. The molecular weight excluding hydrogens is 512 g/mol. The maximum Gasteiger partial charge on any atom is 0.320 e. The van der Waals surface area contributed by atoms with E-state index in [9.17, 15) is 9.59 Å². The Labute approximate surface area is 217 Å². The standard InChI is InChI=1S/C25H39BrN6O3/c1-5-31(15-17(2)3)25(34)32-12-6-18(7-13-32)16-30-10-8-19(9-11-30)28-23(33)20-14-21(26)22(27)29-24(20)35-4/h14,18-19H,2,5-13,15-16H2,1,3-4H3,(H2,27,29)(H,28,33). The molecule has 35 heavy (non-hydrogen) atoms. The van der Waals surface area contributed by atoms with Crippen LogP contribution in [0, 0.1) is 5.92 Å². The van der Waals surface area contributed by atoms with E-state index in [4.69, 9.17) is 10.5 Å². The van der Waals surface area contributed by atoms with E-state index in [1.54, 1.807) is 6.07 Å². The van der Waals surface area contributed by atoms with Gasteiger partial charge < -0.3 is 30.5 Å². The minimum Gasteiger partial charge on any atom is -0.480 e. The number of halogens is 1. The number of nitrogen functional groups attached to an aromatic ring is 1. The van der Waals surface area contributed by atoms with Gasteiger partial charge in [0.2, 0.25) is 5.88 Å². The first-order valence-electron chi connectivity index (χ1n) is 12.4. The van der Waals surface area contributed by atoms with E-state index in [1.165, 1.54) is 7.11 Å². The molecule has 3 N–H and O–H groups in total. The number of amides is 3. The highest BCUT2D eigenvalue weighted by Gasteiger charge is 2.29. The van der Waals surface area contributed by atoms with Crippen LogP contribution < -0.4 is 15.8 Å². The predicted molar refractivity (Wildman–Crippen MR) is 142 cm³/mol. The van der Waals surface area contributed by atoms with E-state index in [2.05, 4.69) is 37.7 Å². The molecule has 1 aromatic rings. The van der Waals surface area contributed by atoms with Crippen LogP contribution in [-0.2, 0) is 0 Å². The van der Waals surface area contributed by atoms with Gasteiger partial charge in [-0.1, -0.05) is 12.2 Å². The molecule has 2 aliphatic rings. The van der Waals surface area contributed by atoms with Crippen LogP contribution in [-0.4, -0.2) is 90.6 Å². The van der Waals surface area contributed by atoms with Crippen LogP contribution >= 0.6 is 15.9 Å². The van der Waals surface area contributed by atoms with Crippen LogP contribution in [0.3, 0.4) is 0 Å². The van der Waals surface area contributed by atoms with Crippen LogP contribution in [0.25, 0.3) is 0 Å². The molecule has 0 unspecified atom stereocenters. The van der Waals surface area contributed by atoms with Crippen molar-refractivity contribution in [2.75, 3.05) is 58.7 Å². The van der Waals surface area contributed by atoms with Crippen molar-refractivity contribution in [3.8, 4) is 5.88 Å². The number of likely N-dealkylation sites (tertiary alicyclic amines) is 2. The molecular formula is C25H39BrN6O3. The number of piperidine rings is 2. The Morgan fingerprint density at radius 3 is 2.49 bits per heavy atom. The number of hydrogen-bond acceptors (Lipinski definition) is 6. The molecule has 10 heteroatoms. The third kappa shape index (κ3) is 7.33. The van der Waals surface area contributed by atoms with E-state index in [0.29, 0.717) is 29.0 Å². The molecule has 9 nitrogen and oxygen atoms in total. The molecule has 2 fully saturated rings. The van der Waals surface area contributed by atoms with Crippen molar-refractivity contribution in [2.24, 2.45) is 5.92 Å². The average molecular weight is 552 g/mol. The number of ether oxygens (including phenoxy) is 1. The zero-order valence-corrected chi connectivity index (χ0v) is 22.8. The maximum atomic E-state index is 12.8. The van der Waals surface area contributed by atoms with E-state index < -0.39 is 0 Å². The fourth-order valence-electron chi connectivity index (χ4n) is 4.84. The van der Waals surface area contributed by atoms with Crippen LogP contribution in [0.2, 0.25) is 0 Å². The van der Waals surface area contributed by atoms with Gasteiger partial charge in [0.1, 0.15) is 11.4 Å². The number of likely N-dealkylation sites (N-methyl/N-ethyl adjacent to an activating group) is 1. The summed E-state index contributed by atoms with van der Waals surface area (Å²) < 4.78 is 5.81. The Hall–Kier alpha value is -2.33. The van der Waals surface area contributed by atoms with Crippen molar-refractivity contribution in [3.63, 3.8) is 0 Å². The molecule has 3 heterocycles. The number of pyridine rings is 1. The lowest BCUT2D eigenvalue weighted by molar-refractivity contribution is 0.0884. The SMILES string of the molecule is C=C(C)CN(CC)C(=O)N1CCC(CN2CCC(NC(=O)c3cc(Br)c(N)nc3OC)CC2)CC1. The zero-order chi connectivity index (χ0) is 25.5. The highest BCUT2D eigenvalue weighted by atomic mass is 79.9. The average Bonchev–Trinajstić information content (AvgIpc) is 2.85. The summed E-state index contributed by atoms with van der Waals surface area (Å²) in [7, 11) is 1.48. The minimum absolute atomic E-state index is 0.118. The van der Waals surface area contributed by atoms with Crippen molar-refractivity contribution >= 4 is 33.7 Å². The monoisotopic (exact) mass is 550 g/mol. The molecule has 0 bridgehead atoms. The van der Waals surface area contributed by atoms with Crippen LogP contribution in [0.15, 0.2) is 22.7 Å². The number of nitrogens with two attached hydrogens (primary N) is 1. The molecule has 3 amide bonds. The first-order chi connectivity index (χ1) is 16.7. The van der Waals surface area contributed by atoms with Gasteiger partial charge in [-0.2, -0.15) is 4.98 Å². The molecule has 2 aliphatic heterocycles. The Kier molecular flexibility index (Phi) is 9.80. The zero-order valence-electron chi connectivity index (χ0n) is 21.2. The fourth-order valence-corrected chi connectivity index (χ4v) is 5.16. The number of carbonyl (C=O) groups excluding carboxylic acids is 2. The van der Waals surface area contributed by atoms with Crippen molar-refractivity contribution < 1.29 is 14.3 Å². The van der Waals surface area contributed by atoms with Gasteiger partial charge in [0.15, 0.2) is 0 Å². The first-order valence-corrected chi connectivity index (χ1v) is 13.2. The quantitative estimate of drug-likeness (QED) is 0.481. The summed E-state index contributed by atoms with van der Waals surface area (Å²) in [5.41, 5.74) is 7.18. The smallest absolute Gasteiger partial charge is 0.320 e. The van der Waals surface area contributed by atoms with E-state index in [0.717, 1.165) is 64.0 Å². The van der Waals surface area contributed by atoms with E-state index >= 15 is 0 Å². The number of carbonyl (C=O) groups is 2. The Balaban J connectivity index is 1.42. The summed E-state index contributed by atoms with van der Waals surface area (Å²) in [6, 6.07) is 1.90. The summed E-state index contributed by atoms with van der Waals surface area (Å²) in [4.78, 5) is 36.1. The topological polar surface area (TPSA) is 104 Å². The second-order valence-corrected chi connectivity index (χ2v) is 10.5. The van der Waals surface area contributed by atoms with Gasteiger partial charge in [-0.3, -0.25) is 4.79 Å². The Bertz CT molecular complexity index is 911. The summed E-state index contributed by atoms with van der Waals surface area (Å²) >= 11 is 3.33. The van der Waals surface area contributed by atoms with E-state index in [-0.39, 0.29) is 29.7 Å². The summed E-state index contributed by atoms with van der Waals surface area (Å²) in [6.07, 6.45) is 3.88. The van der Waals surface area contributed by atoms with Crippen molar-refractivity contribution in [1.29, 1.82) is 0 Å². The van der Waals surface area contributed by atoms with Gasteiger partial charge in [-0.05, 0) is 67.4 Å². The predicted octanol–water partition coefficient (Wildman–Crippen LogP) is 3.36. The first kappa shape index (κ1) is 27.3. The highest BCUT2D eigenvalue weighted by Crippen LogP contribution is 2.26. The van der Waals surface area contributed by atoms with Gasteiger partial charge in [-0.15, -0.1) is 0 Å². The normalized spacial score (nSPS) is 17.8. The highest BCUT2D eigenvalue weighted by molar-refractivity contribution is 9.10. The molecule has 0 aromatic carbocycles. The largest absolute Gasteiger partial charge is 0.480 e. The number of methoxy groups -OCH3 is 1. The number of rotatable bonds is 8. The lowest BCUT2D eigenvalue weighted by Crippen LogP contribution is -2.49. The second-order valence-electron chi connectivity index (χ2n) is 9.64. The van der Waals surface area contributed by atoms with E-state index in [1.807, 2.05) is 23.6 Å². The number of urea groups is 1. The summed E-state index contributed by atoms with van der Waals surface area (Å²) in [6.45, 7) is 13.8. The summed E-state index contributed by atoms with van der Waals surface area (Å²) in [5, 5.41) is 3.13. The maximum absolute atomic E-state index is 12.8. The van der Waals surface area contributed by atoms with Gasteiger partial charge in [0, 0.05) is 51.9 Å². The van der Waals surface area contributed by atoms with Gasteiger partial charge in [0.25, 0.3) is 5.91 Å². The van der Waals surface area contributed by atoms with Crippen molar-refractivity contribution in [2.45, 2.75) is 45.6 Å². The number of aromatic nitrogens is 1. The van der Waals surface area contributed by atoms with Crippen LogP contribution in [0.1, 0.15) is 49.9 Å². The molecule has 2 saturated heterocycles. The van der Waals surface area contributed by atoms with Crippen molar-refractivity contribution in [1.82, 2.24) is 25.0 Å². The fraction of sp³-hybridized carbons (Fsp3) is 0.640. The molecule has 0 atom stereocenters. The molecule has 0 spiro atoms. The number of hydrogen-bond donors (Lipinski definition) is 2. The summed E-state index contributed by atoms with van der Waals surface area (Å²) in [5.74, 6) is 0.922. The van der Waals surface area contributed by atoms with Crippen LogP contribution in [0.5, 0.6) is 5.88 Å². The third-order valence-electron chi connectivity index (χ3n) is 6.84. The van der Waals surface area contributed by atoms with Gasteiger partial charge in [-0.25, -0.2) is 4.79 Å². The number of nitrogens with one attached hydrogen (secondary N) is 1. The molecule has 0 aliphatic carbocycles.